The van der Waals surface area contributed by atoms with Gasteiger partial charge >= 0.3 is 24.1 Å². The highest BCUT2D eigenvalue weighted by Crippen LogP contribution is 2.51. The highest BCUT2D eigenvalue weighted by atomic mass is 19.4. The molecular formula is C28H25F3O8. The third kappa shape index (κ3) is 4.52. The molecule has 39 heavy (non-hydrogen) atoms. The van der Waals surface area contributed by atoms with Crippen LogP contribution in [-0.4, -0.2) is 47.9 Å². The number of fused-ring (bicyclic) bond motifs is 1. The predicted octanol–water partition coefficient (Wildman–Crippen LogP) is 4.49. The van der Waals surface area contributed by atoms with E-state index in [0.717, 1.165) is 31.0 Å². The van der Waals surface area contributed by atoms with Crippen molar-refractivity contribution >= 4 is 17.9 Å². The third-order valence-corrected chi connectivity index (χ3v) is 7.92. The molecule has 2 aromatic carbocycles. The van der Waals surface area contributed by atoms with Gasteiger partial charge in [-0.05, 0) is 62.9 Å². The number of rotatable bonds is 6. The predicted molar refractivity (Wildman–Crippen MR) is 126 cm³/mol. The van der Waals surface area contributed by atoms with Gasteiger partial charge in [-0.2, -0.15) is 13.2 Å². The van der Waals surface area contributed by atoms with E-state index in [1.165, 1.54) is 0 Å². The summed E-state index contributed by atoms with van der Waals surface area (Å²) in [5, 5.41) is 0. The molecule has 6 atom stereocenters. The Bertz CT molecular complexity index is 1300. The zero-order chi connectivity index (χ0) is 27.5. The van der Waals surface area contributed by atoms with E-state index >= 15 is 0 Å². The van der Waals surface area contributed by atoms with Crippen LogP contribution in [0.5, 0.6) is 11.5 Å². The van der Waals surface area contributed by atoms with E-state index in [4.69, 9.17) is 23.7 Å². The Kier molecular flexibility index (Phi) is 6.09. The number of hydrogen-bond donors (Lipinski definition) is 0. The minimum Gasteiger partial charge on any atom is -0.487 e. The molecule has 6 unspecified atom stereocenters. The first-order valence-electron chi connectivity index (χ1n) is 12.8. The molecule has 11 heteroatoms. The van der Waals surface area contributed by atoms with Crippen molar-refractivity contribution in [3.05, 3.63) is 59.7 Å². The molecule has 1 saturated carbocycles. The number of ether oxygens (including phenoxy) is 5. The summed E-state index contributed by atoms with van der Waals surface area (Å²) in [5.74, 6) is -4.50. The minimum absolute atomic E-state index is 0.174. The van der Waals surface area contributed by atoms with Gasteiger partial charge in [-0.25, -0.2) is 4.79 Å². The molecule has 2 aromatic rings. The van der Waals surface area contributed by atoms with Gasteiger partial charge in [0, 0.05) is 0 Å². The number of alkyl halides is 3. The Morgan fingerprint density at radius 3 is 2.41 bits per heavy atom. The third-order valence-electron chi connectivity index (χ3n) is 7.92. The molecule has 4 fully saturated rings. The SMILES string of the molecule is CC1(Oc2cc(C(=O)OC3C4OC(=O)C5C4OC3C5C(=O)Oc3ccccc3)ccc2C(F)(F)F)CCCC1. The Morgan fingerprint density at radius 2 is 1.72 bits per heavy atom. The molecule has 1 aliphatic carbocycles. The summed E-state index contributed by atoms with van der Waals surface area (Å²) in [6.45, 7) is 1.75. The van der Waals surface area contributed by atoms with Crippen molar-refractivity contribution < 1.29 is 51.2 Å². The lowest BCUT2D eigenvalue weighted by Crippen LogP contribution is -2.48. The van der Waals surface area contributed by atoms with E-state index in [1.54, 1.807) is 37.3 Å². The first-order chi connectivity index (χ1) is 18.5. The van der Waals surface area contributed by atoms with Crippen LogP contribution in [0.2, 0.25) is 0 Å². The van der Waals surface area contributed by atoms with Gasteiger partial charge in [0.25, 0.3) is 0 Å². The van der Waals surface area contributed by atoms with E-state index in [-0.39, 0.29) is 11.3 Å². The Labute approximate surface area is 221 Å². The molecule has 3 saturated heterocycles. The first kappa shape index (κ1) is 25.7. The number of carbonyl (C=O) groups is 3. The summed E-state index contributed by atoms with van der Waals surface area (Å²) < 4.78 is 69.3. The zero-order valence-electron chi connectivity index (χ0n) is 20.8. The summed E-state index contributed by atoms with van der Waals surface area (Å²) >= 11 is 0. The standard InChI is InChI=1S/C28H25F3O8/c1-27(11-5-6-12-27)39-17-13-14(9-10-16(17)28(29,30)31)24(32)37-22-20-18(19-21(36-20)23(22)38-26(19)34)25(33)35-15-7-3-2-4-8-15/h2-4,7-10,13,18-23H,5-6,11-12H2,1H3. The van der Waals surface area contributed by atoms with Gasteiger partial charge in [0.2, 0.25) is 0 Å². The molecule has 3 aliphatic heterocycles. The van der Waals surface area contributed by atoms with Crippen LogP contribution < -0.4 is 9.47 Å². The summed E-state index contributed by atoms with van der Waals surface area (Å²) in [6, 6.07) is 11.1. The lowest BCUT2D eigenvalue weighted by Gasteiger charge is -2.28. The molecule has 0 radical (unpaired) electrons. The Balaban J connectivity index is 1.24. The van der Waals surface area contributed by atoms with Crippen molar-refractivity contribution in [2.24, 2.45) is 11.8 Å². The van der Waals surface area contributed by atoms with Gasteiger partial charge in [-0.3, -0.25) is 9.59 Å². The van der Waals surface area contributed by atoms with E-state index in [2.05, 4.69) is 0 Å². The maximum atomic E-state index is 13.7. The average Bonchev–Trinajstić information content (AvgIpc) is 3.62. The summed E-state index contributed by atoms with van der Waals surface area (Å²) in [6.07, 6.45) is -5.73. The number of para-hydroxylation sites is 1. The van der Waals surface area contributed by atoms with Gasteiger partial charge < -0.3 is 23.7 Å². The maximum Gasteiger partial charge on any atom is 0.419 e. The number of halogens is 3. The van der Waals surface area contributed by atoms with E-state index in [9.17, 15) is 27.6 Å². The highest BCUT2D eigenvalue weighted by Gasteiger charge is 2.72. The fraction of sp³-hybridized carbons (Fsp3) is 0.464. The molecule has 2 bridgehead atoms. The molecule has 4 aliphatic rings. The molecule has 6 rings (SSSR count). The second-order valence-corrected chi connectivity index (χ2v) is 10.6. The lowest BCUT2D eigenvalue weighted by molar-refractivity contribution is -0.149. The van der Waals surface area contributed by atoms with Crippen molar-refractivity contribution in [1.82, 2.24) is 0 Å². The number of esters is 3. The van der Waals surface area contributed by atoms with Crippen LogP contribution in [0.15, 0.2) is 48.5 Å². The van der Waals surface area contributed by atoms with Gasteiger partial charge in [-0.1, -0.05) is 18.2 Å². The van der Waals surface area contributed by atoms with Gasteiger partial charge in [-0.15, -0.1) is 0 Å². The topological polar surface area (TPSA) is 97.4 Å². The minimum atomic E-state index is -4.69. The molecular weight excluding hydrogens is 521 g/mol. The van der Waals surface area contributed by atoms with E-state index < -0.39 is 77.2 Å². The van der Waals surface area contributed by atoms with E-state index in [1.807, 2.05) is 0 Å². The highest BCUT2D eigenvalue weighted by molar-refractivity contribution is 5.91. The summed E-state index contributed by atoms with van der Waals surface area (Å²) in [5.41, 5.74) is -1.95. The molecule has 8 nitrogen and oxygen atoms in total. The quantitative estimate of drug-likeness (QED) is 0.387. The van der Waals surface area contributed by atoms with Gasteiger partial charge in [0.15, 0.2) is 12.2 Å². The first-order valence-corrected chi connectivity index (χ1v) is 12.8. The van der Waals surface area contributed by atoms with Crippen LogP contribution in [0.3, 0.4) is 0 Å². The normalized spacial score (nSPS) is 30.2. The fourth-order valence-electron chi connectivity index (χ4n) is 6.06. The van der Waals surface area contributed by atoms with Gasteiger partial charge in [0.05, 0.1) is 11.1 Å². The molecule has 0 aromatic heterocycles. The number of carbonyl (C=O) groups excluding carboxylic acids is 3. The van der Waals surface area contributed by atoms with Crippen LogP contribution in [0.1, 0.15) is 48.5 Å². The summed E-state index contributed by atoms with van der Waals surface area (Å²) in [7, 11) is 0. The molecule has 0 N–H and O–H groups in total. The van der Waals surface area contributed by atoms with Crippen LogP contribution in [0.4, 0.5) is 13.2 Å². The largest absolute Gasteiger partial charge is 0.487 e. The van der Waals surface area contributed by atoms with Crippen LogP contribution in [0.25, 0.3) is 0 Å². The number of hydrogen-bond acceptors (Lipinski definition) is 8. The van der Waals surface area contributed by atoms with Crippen molar-refractivity contribution in [2.45, 2.75) is 68.8 Å². The zero-order valence-corrected chi connectivity index (χ0v) is 20.8. The second-order valence-electron chi connectivity index (χ2n) is 10.6. The molecule has 206 valence electrons. The van der Waals surface area contributed by atoms with E-state index in [0.29, 0.717) is 12.8 Å². The second kappa shape index (κ2) is 9.25. The van der Waals surface area contributed by atoms with Crippen LogP contribution in [-0.2, 0) is 30.0 Å². The van der Waals surface area contributed by atoms with Gasteiger partial charge in [0.1, 0.15) is 41.1 Å². The average molecular weight is 546 g/mol. The fourth-order valence-corrected chi connectivity index (χ4v) is 6.06. The molecule has 3 heterocycles. The van der Waals surface area contributed by atoms with Crippen LogP contribution in [0, 0.1) is 11.8 Å². The van der Waals surface area contributed by atoms with Crippen LogP contribution >= 0.6 is 0 Å². The maximum absolute atomic E-state index is 13.7. The molecule has 0 amide bonds. The monoisotopic (exact) mass is 546 g/mol. The number of benzene rings is 2. The Morgan fingerprint density at radius 1 is 1.00 bits per heavy atom. The smallest absolute Gasteiger partial charge is 0.419 e. The Hall–Kier alpha value is -3.60. The van der Waals surface area contributed by atoms with Crippen molar-refractivity contribution in [3.63, 3.8) is 0 Å². The summed E-state index contributed by atoms with van der Waals surface area (Å²) in [4.78, 5) is 38.8. The van der Waals surface area contributed by atoms with Crippen molar-refractivity contribution in [2.75, 3.05) is 0 Å². The van der Waals surface area contributed by atoms with Crippen molar-refractivity contribution in [1.29, 1.82) is 0 Å². The van der Waals surface area contributed by atoms with Crippen molar-refractivity contribution in [3.8, 4) is 11.5 Å². The lowest BCUT2D eigenvalue weighted by atomic mass is 9.78. The molecule has 0 spiro atoms.